The molecule has 116 valence electrons. The molecule has 1 atom stereocenters. The Morgan fingerprint density at radius 1 is 1.19 bits per heavy atom. The van der Waals surface area contributed by atoms with Crippen LogP contribution in [0.4, 0.5) is 0 Å². The molecule has 0 aromatic heterocycles. The molecule has 0 radical (unpaired) electrons. The predicted molar refractivity (Wildman–Crippen MR) is 88.2 cm³/mol. The van der Waals surface area contributed by atoms with Crippen LogP contribution in [0.2, 0.25) is 0 Å². The third kappa shape index (κ3) is 6.10. The number of amides is 1. The van der Waals surface area contributed by atoms with Crippen LogP contribution in [0, 0.1) is 0 Å². The number of benzene rings is 1. The van der Waals surface area contributed by atoms with Crippen molar-refractivity contribution in [2.24, 2.45) is 0 Å². The SMILES string of the molecule is COC[C@H](C)NC(=S)NNC(=O)c1ccc(C(C)C)cc1. The molecule has 1 aromatic rings. The van der Waals surface area contributed by atoms with Crippen LogP contribution < -0.4 is 16.2 Å². The van der Waals surface area contributed by atoms with Crippen molar-refractivity contribution in [1.82, 2.24) is 16.2 Å². The van der Waals surface area contributed by atoms with Gasteiger partial charge in [-0.05, 0) is 42.8 Å². The summed E-state index contributed by atoms with van der Waals surface area (Å²) in [4.78, 5) is 12.0. The average molecular weight is 309 g/mol. The van der Waals surface area contributed by atoms with E-state index in [1.165, 1.54) is 5.56 Å². The molecule has 0 spiro atoms. The van der Waals surface area contributed by atoms with Crippen LogP contribution in [0.25, 0.3) is 0 Å². The number of nitrogens with one attached hydrogen (secondary N) is 3. The van der Waals surface area contributed by atoms with Gasteiger partial charge in [0.25, 0.3) is 5.91 Å². The summed E-state index contributed by atoms with van der Waals surface area (Å²) in [5.74, 6) is 0.216. The molecular weight excluding hydrogens is 286 g/mol. The molecule has 21 heavy (non-hydrogen) atoms. The molecule has 1 aromatic carbocycles. The van der Waals surface area contributed by atoms with Gasteiger partial charge in [0.1, 0.15) is 0 Å². The predicted octanol–water partition coefficient (Wildman–Crippen LogP) is 1.95. The summed E-state index contributed by atoms with van der Waals surface area (Å²) in [5.41, 5.74) is 7.02. The van der Waals surface area contributed by atoms with Crippen molar-refractivity contribution in [2.45, 2.75) is 32.7 Å². The minimum absolute atomic E-state index is 0.0669. The van der Waals surface area contributed by atoms with E-state index in [0.717, 1.165) is 0 Å². The maximum absolute atomic E-state index is 12.0. The average Bonchev–Trinajstić information content (AvgIpc) is 2.45. The first kappa shape index (κ1) is 17.4. The zero-order valence-corrected chi connectivity index (χ0v) is 13.7. The maximum atomic E-state index is 12.0. The van der Waals surface area contributed by atoms with Gasteiger partial charge in [-0.25, -0.2) is 0 Å². The third-order valence-electron chi connectivity index (χ3n) is 2.92. The van der Waals surface area contributed by atoms with E-state index in [2.05, 4.69) is 30.0 Å². The summed E-state index contributed by atoms with van der Waals surface area (Å²) in [5, 5.41) is 3.35. The molecule has 0 aliphatic rings. The van der Waals surface area contributed by atoms with Crippen molar-refractivity contribution in [2.75, 3.05) is 13.7 Å². The second-order valence-electron chi connectivity index (χ2n) is 5.19. The van der Waals surface area contributed by atoms with Gasteiger partial charge in [0.15, 0.2) is 5.11 Å². The molecule has 1 rings (SSSR count). The third-order valence-corrected chi connectivity index (χ3v) is 3.14. The Morgan fingerprint density at radius 2 is 1.81 bits per heavy atom. The van der Waals surface area contributed by atoms with Crippen molar-refractivity contribution in [3.05, 3.63) is 35.4 Å². The number of carbonyl (C=O) groups is 1. The first-order valence-electron chi connectivity index (χ1n) is 6.89. The summed E-state index contributed by atoms with van der Waals surface area (Å²) >= 11 is 5.08. The van der Waals surface area contributed by atoms with E-state index >= 15 is 0 Å². The number of methoxy groups -OCH3 is 1. The Bertz CT molecular complexity index is 474. The van der Waals surface area contributed by atoms with Gasteiger partial charge in [-0.15, -0.1) is 0 Å². The normalized spacial score (nSPS) is 11.9. The van der Waals surface area contributed by atoms with Crippen LogP contribution in [0.15, 0.2) is 24.3 Å². The fourth-order valence-corrected chi connectivity index (χ4v) is 2.01. The summed E-state index contributed by atoms with van der Waals surface area (Å²) in [6, 6.07) is 7.58. The van der Waals surface area contributed by atoms with Crippen LogP contribution in [-0.4, -0.2) is 30.8 Å². The lowest BCUT2D eigenvalue weighted by molar-refractivity contribution is 0.0943. The molecule has 0 saturated carbocycles. The van der Waals surface area contributed by atoms with Gasteiger partial charge in [0.05, 0.1) is 6.61 Å². The standard InChI is InChI=1S/C15H23N3O2S/c1-10(2)12-5-7-13(8-6-12)14(19)17-18-15(21)16-11(3)9-20-4/h5-8,10-11H,9H2,1-4H3,(H,17,19)(H2,16,18,21)/t11-/m0/s1. The molecule has 0 unspecified atom stereocenters. The Balaban J connectivity index is 2.44. The van der Waals surface area contributed by atoms with Gasteiger partial charge in [-0.1, -0.05) is 26.0 Å². The minimum Gasteiger partial charge on any atom is -0.383 e. The molecule has 5 nitrogen and oxygen atoms in total. The number of carbonyl (C=O) groups excluding carboxylic acids is 1. The Labute approximate surface area is 131 Å². The lowest BCUT2D eigenvalue weighted by Gasteiger charge is -2.16. The fourth-order valence-electron chi connectivity index (χ4n) is 1.76. The van der Waals surface area contributed by atoms with Crippen molar-refractivity contribution >= 4 is 23.2 Å². The molecule has 0 bridgehead atoms. The quantitative estimate of drug-likeness (QED) is 0.573. The molecule has 0 heterocycles. The topological polar surface area (TPSA) is 62.4 Å². The smallest absolute Gasteiger partial charge is 0.269 e. The molecule has 0 fully saturated rings. The largest absolute Gasteiger partial charge is 0.383 e. The number of rotatable bonds is 5. The van der Waals surface area contributed by atoms with Gasteiger partial charge in [0, 0.05) is 18.7 Å². The summed E-state index contributed by atoms with van der Waals surface area (Å²) in [7, 11) is 1.62. The van der Waals surface area contributed by atoms with Crippen molar-refractivity contribution in [3.63, 3.8) is 0 Å². The van der Waals surface area contributed by atoms with Crippen molar-refractivity contribution < 1.29 is 9.53 Å². The van der Waals surface area contributed by atoms with Gasteiger partial charge < -0.3 is 10.1 Å². The lowest BCUT2D eigenvalue weighted by Crippen LogP contribution is -2.49. The zero-order chi connectivity index (χ0) is 15.8. The van der Waals surface area contributed by atoms with Gasteiger partial charge >= 0.3 is 0 Å². The molecule has 0 aliphatic carbocycles. The highest BCUT2D eigenvalue weighted by Gasteiger charge is 2.08. The highest BCUT2D eigenvalue weighted by atomic mass is 32.1. The zero-order valence-electron chi connectivity index (χ0n) is 12.9. The molecule has 0 aliphatic heterocycles. The monoisotopic (exact) mass is 309 g/mol. The van der Waals surface area contributed by atoms with Gasteiger partial charge in [-0.2, -0.15) is 0 Å². The number of ether oxygens (including phenoxy) is 1. The van der Waals surface area contributed by atoms with E-state index < -0.39 is 0 Å². The summed E-state index contributed by atoms with van der Waals surface area (Å²) in [6.45, 7) is 6.69. The number of hydrazine groups is 1. The Morgan fingerprint density at radius 3 is 2.33 bits per heavy atom. The molecular formula is C15H23N3O2S. The van der Waals surface area contributed by atoms with Crippen LogP contribution in [0.1, 0.15) is 42.6 Å². The molecule has 6 heteroatoms. The Kier molecular flexibility index (Phi) is 7.11. The highest BCUT2D eigenvalue weighted by Crippen LogP contribution is 2.14. The number of hydrogen-bond donors (Lipinski definition) is 3. The van der Waals surface area contributed by atoms with E-state index in [1.807, 2.05) is 19.1 Å². The van der Waals surface area contributed by atoms with E-state index in [0.29, 0.717) is 23.2 Å². The number of hydrogen-bond acceptors (Lipinski definition) is 3. The van der Waals surface area contributed by atoms with Crippen LogP contribution in [-0.2, 0) is 4.74 Å². The highest BCUT2D eigenvalue weighted by molar-refractivity contribution is 7.80. The lowest BCUT2D eigenvalue weighted by atomic mass is 10.0. The molecule has 0 saturated heterocycles. The van der Waals surface area contributed by atoms with E-state index in [-0.39, 0.29) is 11.9 Å². The van der Waals surface area contributed by atoms with Crippen LogP contribution >= 0.6 is 12.2 Å². The van der Waals surface area contributed by atoms with Crippen molar-refractivity contribution in [3.8, 4) is 0 Å². The minimum atomic E-state index is -0.228. The number of thiocarbonyl (C=S) groups is 1. The first-order valence-corrected chi connectivity index (χ1v) is 7.30. The van der Waals surface area contributed by atoms with Crippen LogP contribution in [0.5, 0.6) is 0 Å². The van der Waals surface area contributed by atoms with Crippen molar-refractivity contribution in [1.29, 1.82) is 0 Å². The molecule has 1 amide bonds. The van der Waals surface area contributed by atoms with E-state index in [9.17, 15) is 4.79 Å². The van der Waals surface area contributed by atoms with Crippen LogP contribution in [0.3, 0.4) is 0 Å². The first-order chi connectivity index (χ1) is 9.93. The maximum Gasteiger partial charge on any atom is 0.269 e. The van der Waals surface area contributed by atoms with Gasteiger partial charge in [-0.3, -0.25) is 15.6 Å². The molecule has 3 N–H and O–H groups in total. The summed E-state index contributed by atoms with van der Waals surface area (Å²) < 4.78 is 4.99. The van der Waals surface area contributed by atoms with E-state index in [4.69, 9.17) is 17.0 Å². The fraction of sp³-hybridized carbons (Fsp3) is 0.467. The van der Waals surface area contributed by atoms with E-state index in [1.54, 1.807) is 19.2 Å². The Hall–Kier alpha value is -1.66. The second-order valence-corrected chi connectivity index (χ2v) is 5.59. The second kappa shape index (κ2) is 8.59. The van der Waals surface area contributed by atoms with Gasteiger partial charge in [0.2, 0.25) is 0 Å². The summed E-state index contributed by atoms with van der Waals surface area (Å²) in [6.07, 6.45) is 0.